The van der Waals surface area contributed by atoms with Crippen molar-refractivity contribution in [2.24, 2.45) is 0 Å². The van der Waals surface area contributed by atoms with Crippen molar-refractivity contribution >= 4 is 11.3 Å². The van der Waals surface area contributed by atoms with Crippen LogP contribution in [0.5, 0.6) is 5.75 Å². The summed E-state index contributed by atoms with van der Waals surface area (Å²) in [5.74, 6) is 1.29. The number of hydrogen-bond donors (Lipinski definition) is 1. The van der Waals surface area contributed by atoms with Gasteiger partial charge in [-0.15, -0.1) is 0 Å². The lowest BCUT2D eigenvalue weighted by Crippen LogP contribution is -1.90. The first-order chi connectivity index (χ1) is 5.79. The predicted molar refractivity (Wildman–Crippen MR) is 46.2 cm³/mol. The van der Waals surface area contributed by atoms with Crippen LogP contribution >= 0.6 is 0 Å². The lowest BCUT2D eigenvalue weighted by atomic mass is 10.4. The largest absolute Gasteiger partial charge is 0.495 e. The predicted octanol–water partition coefficient (Wildman–Crippen LogP) is 0.925. The van der Waals surface area contributed by atoms with Gasteiger partial charge < -0.3 is 10.5 Å². The van der Waals surface area contributed by atoms with Gasteiger partial charge >= 0.3 is 0 Å². The van der Waals surface area contributed by atoms with Gasteiger partial charge in [0.05, 0.1) is 18.8 Å². The van der Waals surface area contributed by atoms with Crippen molar-refractivity contribution in [3.63, 3.8) is 0 Å². The summed E-state index contributed by atoms with van der Waals surface area (Å²) in [6.45, 7) is 0. The molecule has 2 rings (SSSR count). The maximum absolute atomic E-state index is 5.51. The van der Waals surface area contributed by atoms with E-state index in [1.54, 1.807) is 23.9 Å². The van der Waals surface area contributed by atoms with Crippen molar-refractivity contribution < 1.29 is 4.74 Å². The Morgan fingerprint density at radius 3 is 3.08 bits per heavy atom. The molecule has 0 spiro atoms. The number of rotatable bonds is 1. The number of ether oxygens (including phenoxy) is 1. The monoisotopic (exact) mass is 163 g/mol. The standard InChI is InChI=1S/C8H9N3O/c1-12-7-3-2-6-4-8(9)10-11(6)5-7/h2-5H,1H3,(H2,9,10). The van der Waals surface area contributed by atoms with E-state index in [1.165, 1.54) is 0 Å². The summed E-state index contributed by atoms with van der Waals surface area (Å²) in [4.78, 5) is 0. The minimum atomic E-state index is 0.517. The fraction of sp³-hybridized carbons (Fsp3) is 0.125. The second-order valence-electron chi connectivity index (χ2n) is 2.51. The van der Waals surface area contributed by atoms with Gasteiger partial charge in [-0.05, 0) is 12.1 Å². The number of anilines is 1. The number of nitrogen functional groups attached to an aromatic ring is 1. The summed E-state index contributed by atoms with van der Waals surface area (Å²) in [7, 11) is 1.62. The van der Waals surface area contributed by atoms with E-state index in [-0.39, 0.29) is 0 Å². The first-order valence-corrected chi connectivity index (χ1v) is 3.58. The zero-order chi connectivity index (χ0) is 8.55. The van der Waals surface area contributed by atoms with Crippen LogP contribution in [-0.4, -0.2) is 16.7 Å². The molecule has 0 unspecified atom stereocenters. The van der Waals surface area contributed by atoms with E-state index >= 15 is 0 Å². The van der Waals surface area contributed by atoms with E-state index in [2.05, 4.69) is 5.10 Å². The zero-order valence-corrected chi connectivity index (χ0v) is 6.69. The van der Waals surface area contributed by atoms with Gasteiger partial charge in [0.2, 0.25) is 0 Å². The SMILES string of the molecule is COc1ccc2cc(N)nn2c1. The lowest BCUT2D eigenvalue weighted by Gasteiger charge is -1.98. The van der Waals surface area contributed by atoms with Gasteiger partial charge in [-0.3, -0.25) is 0 Å². The minimum Gasteiger partial charge on any atom is -0.495 e. The van der Waals surface area contributed by atoms with Crippen molar-refractivity contribution in [1.29, 1.82) is 0 Å². The maximum Gasteiger partial charge on any atom is 0.146 e. The molecule has 4 nitrogen and oxygen atoms in total. The topological polar surface area (TPSA) is 52.5 Å². The molecule has 2 aromatic rings. The molecule has 4 heteroatoms. The van der Waals surface area contributed by atoms with Crippen LogP contribution in [0.3, 0.4) is 0 Å². The summed E-state index contributed by atoms with van der Waals surface area (Å²) in [5.41, 5.74) is 6.48. The van der Waals surface area contributed by atoms with Crippen molar-refractivity contribution in [3.8, 4) is 5.75 Å². The molecule has 2 heterocycles. The third-order valence-electron chi connectivity index (χ3n) is 1.69. The Balaban J connectivity index is 2.66. The van der Waals surface area contributed by atoms with E-state index in [0.29, 0.717) is 5.82 Å². The molecule has 0 bridgehead atoms. The van der Waals surface area contributed by atoms with Gasteiger partial charge in [0.25, 0.3) is 0 Å². The average molecular weight is 163 g/mol. The zero-order valence-electron chi connectivity index (χ0n) is 6.69. The number of pyridine rings is 1. The highest BCUT2D eigenvalue weighted by molar-refractivity contribution is 5.54. The van der Waals surface area contributed by atoms with Crippen LogP contribution in [0.15, 0.2) is 24.4 Å². The van der Waals surface area contributed by atoms with Crippen molar-refractivity contribution in [1.82, 2.24) is 9.61 Å². The third-order valence-corrected chi connectivity index (χ3v) is 1.69. The number of methoxy groups -OCH3 is 1. The highest BCUT2D eigenvalue weighted by atomic mass is 16.5. The lowest BCUT2D eigenvalue weighted by molar-refractivity contribution is 0.411. The molecule has 0 saturated carbocycles. The highest BCUT2D eigenvalue weighted by Crippen LogP contribution is 2.13. The van der Waals surface area contributed by atoms with Crippen molar-refractivity contribution in [2.75, 3.05) is 12.8 Å². The van der Waals surface area contributed by atoms with E-state index in [1.807, 2.05) is 12.1 Å². The van der Waals surface area contributed by atoms with Crippen LogP contribution in [0, 0.1) is 0 Å². The number of hydrogen-bond acceptors (Lipinski definition) is 3. The maximum atomic E-state index is 5.51. The summed E-state index contributed by atoms with van der Waals surface area (Å²) in [6.07, 6.45) is 1.78. The van der Waals surface area contributed by atoms with Gasteiger partial charge in [0.1, 0.15) is 11.6 Å². The molecule has 2 aromatic heterocycles. The van der Waals surface area contributed by atoms with Gasteiger partial charge in [0, 0.05) is 6.07 Å². The molecule has 0 aliphatic heterocycles. The Morgan fingerprint density at radius 2 is 2.33 bits per heavy atom. The van der Waals surface area contributed by atoms with Crippen LogP contribution < -0.4 is 10.5 Å². The molecule has 0 amide bonds. The first-order valence-electron chi connectivity index (χ1n) is 3.58. The smallest absolute Gasteiger partial charge is 0.146 e. The molecule has 0 fully saturated rings. The summed E-state index contributed by atoms with van der Waals surface area (Å²) >= 11 is 0. The highest BCUT2D eigenvalue weighted by Gasteiger charge is 1.98. The third kappa shape index (κ3) is 0.972. The Morgan fingerprint density at radius 1 is 1.50 bits per heavy atom. The Labute approximate surface area is 69.6 Å². The summed E-state index contributed by atoms with van der Waals surface area (Å²) in [6, 6.07) is 5.58. The van der Waals surface area contributed by atoms with Gasteiger partial charge in [-0.25, -0.2) is 4.52 Å². The van der Waals surface area contributed by atoms with Gasteiger partial charge in [-0.1, -0.05) is 0 Å². The van der Waals surface area contributed by atoms with Gasteiger partial charge in [-0.2, -0.15) is 5.10 Å². The molecular formula is C8H9N3O. The Hall–Kier alpha value is -1.71. The molecular weight excluding hydrogens is 154 g/mol. The number of nitrogens with zero attached hydrogens (tertiary/aromatic N) is 2. The molecule has 0 aromatic carbocycles. The quantitative estimate of drug-likeness (QED) is 0.680. The number of nitrogens with two attached hydrogens (primary N) is 1. The second kappa shape index (κ2) is 2.41. The fourth-order valence-electron chi connectivity index (χ4n) is 1.11. The number of aromatic nitrogens is 2. The average Bonchev–Trinajstić information content (AvgIpc) is 2.43. The minimum absolute atomic E-state index is 0.517. The van der Waals surface area contributed by atoms with E-state index in [9.17, 15) is 0 Å². The summed E-state index contributed by atoms with van der Waals surface area (Å²) < 4.78 is 6.72. The number of fused-ring (bicyclic) bond motifs is 1. The molecule has 62 valence electrons. The molecule has 0 radical (unpaired) electrons. The van der Waals surface area contributed by atoms with E-state index < -0.39 is 0 Å². The molecule has 0 atom stereocenters. The molecule has 0 saturated heterocycles. The van der Waals surface area contributed by atoms with Crippen molar-refractivity contribution in [3.05, 3.63) is 24.4 Å². The Kier molecular flexibility index (Phi) is 1.40. The fourth-order valence-corrected chi connectivity index (χ4v) is 1.11. The van der Waals surface area contributed by atoms with E-state index in [0.717, 1.165) is 11.3 Å². The molecule has 12 heavy (non-hydrogen) atoms. The van der Waals surface area contributed by atoms with Crippen LogP contribution in [-0.2, 0) is 0 Å². The van der Waals surface area contributed by atoms with Crippen LogP contribution in [0.4, 0.5) is 5.82 Å². The van der Waals surface area contributed by atoms with Crippen LogP contribution in [0.1, 0.15) is 0 Å². The van der Waals surface area contributed by atoms with Crippen LogP contribution in [0.2, 0.25) is 0 Å². The van der Waals surface area contributed by atoms with Crippen LogP contribution in [0.25, 0.3) is 5.52 Å². The normalized spacial score (nSPS) is 10.4. The first kappa shape index (κ1) is 6.97. The molecule has 0 aliphatic carbocycles. The Bertz CT molecular complexity index is 408. The molecule has 0 aliphatic rings. The van der Waals surface area contributed by atoms with Gasteiger partial charge in [0.15, 0.2) is 0 Å². The van der Waals surface area contributed by atoms with Crippen molar-refractivity contribution in [2.45, 2.75) is 0 Å². The van der Waals surface area contributed by atoms with E-state index in [4.69, 9.17) is 10.5 Å². The summed E-state index contributed by atoms with van der Waals surface area (Å²) in [5, 5.41) is 4.04. The molecule has 2 N–H and O–H groups in total. The second-order valence-corrected chi connectivity index (χ2v) is 2.51.